The van der Waals surface area contributed by atoms with Gasteiger partial charge in [0.25, 0.3) is 0 Å². The first-order valence-corrected chi connectivity index (χ1v) is 11.0. The van der Waals surface area contributed by atoms with Crippen molar-refractivity contribution in [2.75, 3.05) is 24.3 Å². The number of carbonyl (C=O) groups excluding carboxylic acids is 3. The van der Waals surface area contributed by atoms with Crippen LogP contribution in [0.5, 0.6) is 5.75 Å². The van der Waals surface area contributed by atoms with Gasteiger partial charge in [-0.3, -0.25) is 19.1 Å². The van der Waals surface area contributed by atoms with Crippen LogP contribution in [0.2, 0.25) is 0 Å². The maximum atomic E-state index is 12.7. The molecular weight excluding hydrogens is 434 g/mol. The highest BCUT2D eigenvalue weighted by molar-refractivity contribution is 5.97. The third-order valence-corrected chi connectivity index (χ3v) is 5.66. The molecule has 1 aliphatic heterocycles. The summed E-state index contributed by atoms with van der Waals surface area (Å²) in [6.45, 7) is 2.87. The highest BCUT2D eigenvalue weighted by Gasteiger charge is 2.34. The first-order chi connectivity index (χ1) is 16.4. The summed E-state index contributed by atoms with van der Waals surface area (Å²) >= 11 is 0. The zero-order valence-corrected chi connectivity index (χ0v) is 19.2. The van der Waals surface area contributed by atoms with Gasteiger partial charge in [-0.15, -0.1) is 0 Å². The molecule has 0 spiro atoms. The van der Waals surface area contributed by atoms with Gasteiger partial charge in [0.1, 0.15) is 12.3 Å². The molecule has 1 saturated heterocycles. The lowest BCUT2D eigenvalue weighted by molar-refractivity contribution is -0.128. The fraction of sp³-hybridized carbons (Fsp3) is 0.280. The van der Waals surface area contributed by atoms with Crippen LogP contribution in [0.1, 0.15) is 17.5 Å². The molecule has 1 aromatic heterocycles. The second-order valence-electron chi connectivity index (χ2n) is 8.35. The number of aryl methyl sites for hydroxylation is 1. The van der Waals surface area contributed by atoms with Gasteiger partial charge in [0.15, 0.2) is 0 Å². The van der Waals surface area contributed by atoms with E-state index in [2.05, 4.69) is 15.7 Å². The van der Waals surface area contributed by atoms with Gasteiger partial charge in [-0.05, 0) is 36.8 Å². The Morgan fingerprint density at radius 1 is 1.06 bits per heavy atom. The maximum Gasteiger partial charge on any atom is 0.246 e. The van der Waals surface area contributed by atoms with Crippen LogP contribution >= 0.6 is 0 Å². The van der Waals surface area contributed by atoms with Gasteiger partial charge in [-0.25, -0.2) is 0 Å². The Labute approximate surface area is 197 Å². The highest BCUT2D eigenvalue weighted by atomic mass is 16.5. The lowest BCUT2D eigenvalue weighted by atomic mass is 10.1. The fourth-order valence-electron chi connectivity index (χ4n) is 3.80. The monoisotopic (exact) mass is 461 g/mol. The van der Waals surface area contributed by atoms with E-state index in [1.165, 1.54) is 10.9 Å². The molecule has 2 N–H and O–H groups in total. The van der Waals surface area contributed by atoms with Crippen LogP contribution in [0.3, 0.4) is 0 Å². The van der Waals surface area contributed by atoms with Crippen molar-refractivity contribution in [3.05, 3.63) is 72.1 Å². The molecule has 3 amide bonds. The number of rotatable bonds is 8. The number of nitrogens with zero attached hydrogens (tertiary/aromatic N) is 3. The highest BCUT2D eigenvalue weighted by Crippen LogP contribution is 2.22. The van der Waals surface area contributed by atoms with E-state index in [-0.39, 0.29) is 30.7 Å². The third kappa shape index (κ3) is 5.80. The minimum absolute atomic E-state index is 0.00581. The van der Waals surface area contributed by atoms with E-state index in [9.17, 15) is 14.4 Å². The molecular formula is C25H27N5O4. The van der Waals surface area contributed by atoms with Crippen molar-refractivity contribution >= 4 is 29.1 Å². The second kappa shape index (κ2) is 10.2. The van der Waals surface area contributed by atoms with Crippen molar-refractivity contribution in [2.24, 2.45) is 5.92 Å². The summed E-state index contributed by atoms with van der Waals surface area (Å²) < 4.78 is 6.54. The lowest BCUT2D eigenvalue weighted by Crippen LogP contribution is -2.28. The number of likely N-dealkylation sites (tertiary alicyclic amines) is 1. The Morgan fingerprint density at radius 2 is 1.79 bits per heavy atom. The summed E-state index contributed by atoms with van der Waals surface area (Å²) in [6, 6.07) is 15.0. The van der Waals surface area contributed by atoms with Crippen LogP contribution in [0.25, 0.3) is 0 Å². The van der Waals surface area contributed by atoms with Gasteiger partial charge in [0.2, 0.25) is 17.7 Å². The molecule has 4 rings (SSSR count). The van der Waals surface area contributed by atoms with E-state index in [0.29, 0.717) is 30.2 Å². The molecule has 1 aliphatic rings. The summed E-state index contributed by atoms with van der Waals surface area (Å²) in [6.07, 6.45) is 3.25. The Kier molecular flexibility index (Phi) is 6.91. The Morgan fingerprint density at radius 3 is 2.50 bits per heavy atom. The van der Waals surface area contributed by atoms with E-state index < -0.39 is 5.92 Å². The molecule has 0 saturated carbocycles. The molecule has 2 heterocycles. The standard InChI is InChI=1S/C25H27N5O4/c1-17-3-5-18(6-4-17)13-29-14-19(11-24(29)32)25(33)28-21-12-26-30(15-21)16-23(31)27-20-7-9-22(34-2)10-8-20/h3-10,12,15,19H,11,13-14,16H2,1-2H3,(H,27,31)(H,28,33). The first-order valence-electron chi connectivity index (χ1n) is 11.0. The van der Waals surface area contributed by atoms with Crippen molar-refractivity contribution in [1.29, 1.82) is 0 Å². The van der Waals surface area contributed by atoms with Gasteiger partial charge >= 0.3 is 0 Å². The van der Waals surface area contributed by atoms with Crippen molar-refractivity contribution in [3.8, 4) is 5.75 Å². The van der Waals surface area contributed by atoms with E-state index in [1.54, 1.807) is 42.5 Å². The number of nitrogens with one attached hydrogen (secondary N) is 2. The molecule has 1 atom stereocenters. The van der Waals surface area contributed by atoms with Gasteiger partial charge in [0, 0.05) is 31.4 Å². The fourth-order valence-corrected chi connectivity index (χ4v) is 3.80. The maximum absolute atomic E-state index is 12.7. The molecule has 2 aromatic carbocycles. The van der Waals surface area contributed by atoms with E-state index in [0.717, 1.165) is 11.1 Å². The van der Waals surface area contributed by atoms with Crippen LogP contribution in [-0.4, -0.2) is 46.1 Å². The number of methoxy groups -OCH3 is 1. The number of carbonyl (C=O) groups is 3. The Hall–Kier alpha value is -4.14. The molecule has 0 aliphatic carbocycles. The van der Waals surface area contributed by atoms with E-state index >= 15 is 0 Å². The summed E-state index contributed by atoms with van der Waals surface area (Å²) in [7, 11) is 1.58. The largest absolute Gasteiger partial charge is 0.497 e. The van der Waals surface area contributed by atoms with Crippen LogP contribution in [0.4, 0.5) is 11.4 Å². The molecule has 9 nitrogen and oxygen atoms in total. The molecule has 176 valence electrons. The average molecular weight is 462 g/mol. The zero-order valence-electron chi connectivity index (χ0n) is 19.2. The molecule has 0 radical (unpaired) electrons. The van der Waals surface area contributed by atoms with Crippen molar-refractivity contribution in [3.63, 3.8) is 0 Å². The molecule has 3 aromatic rings. The molecule has 0 bridgehead atoms. The average Bonchev–Trinajstić information content (AvgIpc) is 3.41. The lowest BCUT2D eigenvalue weighted by Gasteiger charge is -2.16. The Bertz CT molecular complexity index is 1170. The first kappa shape index (κ1) is 23.0. The van der Waals surface area contributed by atoms with E-state index in [1.807, 2.05) is 31.2 Å². The number of benzene rings is 2. The number of ether oxygens (including phenoxy) is 1. The van der Waals surface area contributed by atoms with Crippen LogP contribution in [0.15, 0.2) is 60.9 Å². The SMILES string of the molecule is COc1ccc(NC(=O)Cn2cc(NC(=O)C3CC(=O)N(Cc4ccc(C)cc4)C3)cn2)cc1. The second-order valence-corrected chi connectivity index (χ2v) is 8.35. The van der Waals surface area contributed by atoms with Gasteiger partial charge in [-0.2, -0.15) is 5.10 Å². The van der Waals surface area contributed by atoms with Crippen LogP contribution in [0, 0.1) is 12.8 Å². The summed E-state index contributed by atoms with van der Waals surface area (Å²) in [5.41, 5.74) is 3.32. The molecule has 1 unspecified atom stereocenters. The number of hydrogen-bond donors (Lipinski definition) is 2. The number of anilines is 2. The summed E-state index contributed by atoms with van der Waals surface area (Å²) in [5.74, 6) is -0.250. The van der Waals surface area contributed by atoms with Crippen LogP contribution < -0.4 is 15.4 Å². The van der Waals surface area contributed by atoms with Crippen molar-refractivity contribution < 1.29 is 19.1 Å². The number of aromatic nitrogens is 2. The van der Waals surface area contributed by atoms with E-state index in [4.69, 9.17) is 4.74 Å². The van der Waals surface area contributed by atoms with Crippen molar-refractivity contribution in [1.82, 2.24) is 14.7 Å². The minimum Gasteiger partial charge on any atom is -0.497 e. The molecule has 34 heavy (non-hydrogen) atoms. The predicted octanol–water partition coefficient (Wildman–Crippen LogP) is 2.83. The number of hydrogen-bond acceptors (Lipinski definition) is 5. The molecule has 1 fully saturated rings. The van der Waals surface area contributed by atoms with Gasteiger partial charge < -0.3 is 20.3 Å². The minimum atomic E-state index is -0.431. The topological polar surface area (TPSA) is 106 Å². The van der Waals surface area contributed by atoms with Gasteiger partial charge in [0.05, 0.1) is 24.9 Å². The summed E-state index contributed by atoms with van der Waals surface area (Å²) in [4.78, 5) is 39.1. The third-order valence-electron chi connectivity index (χ3n) is 5.66. The van der Waals surface area contributed by atoms with Gasteiger partial charge in [-0.1, -0.05) is 29.8 Å². The summed E-state index contributed by atoms with van der Waals surface area (Å²) in [5, 5.41) is 9.73. The normalized spacial score (nSPS) is 15.3. The number of amides is 3. The predicted molar refractivity (Wildman–Crippen MR) is 127 cm³/mol. The quantitative estimate of drug-likeness (QED) is 0.537. The van der Waals surface area contributed by atoms with Crippen molar-refractivity contribution in [2.45, 2.75) is 26.4 Å². The zero-order chi connectivity index (χ0) is 24.1. The smallest absolute Gasteiger partial charge is 0.246 e. The Balaban J connectivity index is 1.27. The van der Waals surface area contributed by atoms with Crippen LogP contribution in [-0.2, 0) is 27.5 Å². The molecule has 9 heteroatoms.